The number of benzene rings is 2. The number of hydrogen-bond donors (Lipinski definition) is 3. The highest BCUT2D eigenvalue weighted by Gasteiger charge is 2.09. The number of nitrogens with one attached hydrogen (secondary N) is 1. The van der Waals surface area contributed by atoms with Crippen LogP contribution in [0.4, 0.5) is 5.82 Å². The van der Waals surface area contributed by atoms with Crippen LogP contribution in [0.15, 0.2) is 65.7 Å². The summed E-state index contributed by atoms with van der Waals surface area (Å²) in [6.07, 6.45) is 6.53. The molecule has 2 aromatic carbocycles. The van der Waals surface area contributed by atoms with Gasteiger partial charge in [0.05, 0.1) is 12.1 Å². The van der Waals surface area contributed by atoms with Crippen molar-refractivity contribution in [3.8, 4) is 0 Å². The number of fused-ring (bicyclic) bond motifs is 1. The molecule has 0 aliphatic rings. The molecule has 0 saturated carbocycles. The van der Waals surface area contributed by atoms with E-state index in [2.05, 4.69) is 10.2 Å². The normalized spacial score (nSPS) is 12.0. The molecule has 27 heavy (non-hydrogen) atoms. The third-order valence-corrected chi connectivity index (χ3v) is 4.82. The highest BCUT2D eigenvalue weighted by atomic mass is 32.2. The zero-order chi connectivity index (χ0) is 19.2. The van der Waals surface area contributed by atoms with E-state index in [0.717, 1.165) is 38.9 Å². The van der Waals surface area contributed by atoms with Crippen molar-refractivity contribution >= 4 is 40.7 Å². The van der Waals surface area contributed by atoms with Crippen molar-refractivity contribution in [3.05, 3.63) is 71.9 Å². The summed E-state index contributed by atoms with van der Waals surface area (Å²) in [7, 11) is 0. The van der Waals surface area contributed by atoms with E-state index in [0.29, 0.717) is 12.4 Å². The Labute approximate surface area is 162 Å². The lowest BCUT2D eigenvalue weighted by atomic mass is 10.0. The van der Waals surface area contributed by atoms with Gasteiger partial charge in [-0.3, -0.25) is 15.0 Å². The smallest absolute Gasteiger partial charge is 0.213 e. The Morgan fingerprint density at radius 2 is 2.11 bits per heavy atom. The molecule has 0 spiro atoms. The number of rotatable bonds is 7. The predicted octanol–water partition coefficient (Wildman–Crippen LogP) is 3.69. The molecule has 138 valence electrons. The Morgan fingerprint density at radius 1 is 1.30 bits per heavy atom. The molecule has 0 fully saturated rings. The Hall–Kier alpha value is -3.03. The number of allylic oxidation sites excluding steroid dienone is 3. The Morgan fingerprint density at radius 3 is 2.85 bits per heavy atom. The number of carbonyl (C=O) groups excluding carboxylic acids is 1. The van der Waals surface area contributed by atoms with Gasteiger partial charge in [0.1, 0.15) is 0 Å². The van der Waals surface area contributed by atoms with Crippen LogP contribution < -0.4 is 10.9 Å². The summed E-state index contributed by atoms with van der Waals surface area (Å²) in [5.74, 6) is 0.471. The molecule has 3 aromatic rings. The molecule has 7 heteroatoms. The van der Waals surface area contributed by atoms with E-state index in [1.165, 1.54) is 11.9 Å². The van der Waals surface area contributed by atoms with Gasteiger partial charge in [0.15, 0.2) is 5.82 Å². The van der Waals surface area contributed by atoms with Crippen LogP contribution in [0.1, 0.15) is 18.1 Å². The molecule has 1 heterocycles. The van der Waals surface area contributed by atoms with Gasteiger partial charge in [-0.1, -0.05) is 36.4 Å². The second-order valence-corrected chi connectivity index (χ2v) is 6.63. The molecule has 0 bridgehead atoms. The van der Waals surface area contributed by atoms with Gasteiger partial charge >= 0.3 is 0 Å². The number of amides is 1. The lowest BCUT2D eigenvalue weighted by Crippen LogP contribution is -2.15. The first-order valence-electron chi connectivity index (χ1n) is 8.40. The topological polar surface area (TPSA) is 101 Å². The molecular weight excluding hydrogens is 358 g/mol. The van der Waals surface area contributed by atoms with E-state index >= 15 is 0 Å². The number of nitrogen functional groups attached to an aromatic ring is 1. The summed E-state index contributed by atoms with van der Waals surface area (Å²) >= 11 is 1.18. The van der Waals surface area contributed by atoms with Crippen molar-refractivity contribution in [3.63, 3.8) is 0 Å². The van der Waals surface area contributed by atoms with Gasteiger partial charge in [0.25, 0.3) is 0 Å². The van der Waals surface area contributed by atoms with Crippen LogP contribution >= 0.6 is 11.9 Å². The number of nitrogens with zero attached hydrogens (tertiary/aromatic N) is 2. The van der Waals surface area contributed by atoms with Crippen LogP contribution in [0.3, 0.4) is 0 Å². The van der Waals surface area contributed by atoms with E-state index in [1.54, 1.807) is 4.90 Å². The molecule has 1 aromatic heterocycles. The van der Waals surface area contributed by atoms with Gasteiger partial charge in [0.2, 0.25) is 6.41 Å². The maximum atomic E-state index is 11.7. The predicted molar refractivity (Wildman–Crippen MR) is 111 cm³/mol. The zero-order valence-corrected chi connectivity index (χ0v) is 15.7. The molecule has 0 aliphatic heterocycles. The number of anilines is 1. The maximum Gasteiger partial charge on any atom is 0.213 e. The van der Waals surface area contributed by atoms with E-state index in [1.807, 2.05) is 67.7 Å². The van der Waals surface area contributed by atoms with Crippen molar-refractivity contribution in [2.75, 3.05) is 5.73 Å². The number of carbonyl (C=O) groups is 1. The molecule has 5 N–H and O–H groups in total. The number of nitrogens with two attached hydrogens (primary N) is 2. The Kier molecular flexibility index (Phi) is 5.95. The van der Waals surface area contributed by atoms with Gasteiger partial charge in [-0.15, -0.1) is 0 Å². The molecule has 1 amide bonds. The monoisotopic (exact) mass is 379 g/mol. The first-order valence-corrected chi connectivity index (χ1v) is 9.28. The third-order valence-electron chi connectivity index (χ3n) is 4.16. The van der Waals surface area contributed by atoms with Crippen molar-refractivity contribution in [1.29, 1.82) is 0 Å². The fourth-order valence-electron chi connectivity index (χ4n) is 2.85. The fourth-order valence-corrected chi connectivity index (χ4v) is 3.29. The fraction of sp³-hybridized carbons (Fsp3) is 0.100. The summed E-state index contributed by atoms with van der Waals surface area (Å²) in [6.45, 7) is 2.37. The van der Waals surface area contributed by atoms with Crippen molar-refractivity contribution < 1.29 is 4.79 Å². The second kappa shape index (κ2) is 8.57. The average molecular weight is 379 g/mol. The quantitative estimate of drug-likeness (QED) is 0.330. The highest BCUT2D eigenvalue weighted by Crippen LogP contribution is 2.25. The summed E-state index contributed by atoms with van der Waals surface area (Å²) < 4.78 is 0. The number of H-pyrrole nitrogens is 1. The highest BCUT2D eigenvalue weighted by molar-refractivity contribution is 7.97. The zero-order valence-electron chi connectivity index (χ0n) is 14.9. The lowest BCUT2D eigenvalue weighted by Gasteiger charge is -2.16. The van der Waals surface area contributed by atoms with E-state index in [-0.39, 0.29) is 0 Å². The molecule has 3 rings (SSSR count). The van der Waals surface area contributed by atoms with Crippen LogP contribution in [0.5, 0.6) is 0 Å². The largest absolute Gasteiger partial charge is 0.382 e. The van der Waals surface area contributed by atoms with Crippen LogP contribution in [0.2, 0.25) is 0 Å². The van der Waals surface area contributed by atoms with E-state index < -0.39 is 0 Å². The van der Waals surface area contributed by atoms with Crippen LogP contribution in [-0.4, -0.2) is 21.5 Å². The minimum Gasteiger partial charge on any atom is -0.382 e. The minimum atomic E-state index is 0.435. The van der Waals surface area contributed by atoms with Gasteiger partial charge in [-0.05, 0) is 53.8 Å². The van der Waals surface area contributed by atoms with Crippen LogP contribution in [0.25, 0.3) is 16.5 Å². The van der Waals surface area contributed by atoms with Crippen LogP contribution in [-0.2, 0) is 11.3 Å². The first-order chi connectivity index (χ1) is 13.2. The van der Waals surface area contributed by atoms with Crippen molar-refractivity contribution in [2.45, 2.75) is 18.4 Å². The van der Waals surface area contributed by atoms with Gasteiger partial charge in [0, 0.05) is 16.5 Å². The number of aromatic amines is 1. The molecular formula is C20H21N5OS. The van der Waals surface area contributed by atoms with Gasteiger partial charge < -0.3 is 10.6 Å². The standard InChI is InChI=1S/C20H21N5OS/c1-2-5-15(14-8-9-17-18(10-14)23-24-20(17)21)11-25(13-26)12-16-6-3-4-7-19(16)27-22/h2-11,13H,12,22H2,1H3,(H3,21,23,24)/b5-2-,15-11+. The Bertz CT molecular complexity index is 1010. The minimum absolute atomic E-state index is 0.435. The molecule has 0 atom stereocenters. The van der Waals surface area contributed by atoms with E-state index in [4.69, 9.17) is 10.9 Å². The van der Waals surface area contributed by atoms with Crippen molar-refractivity contribution in [2.24, 2.45) is 5.14 Å². The molecule has 0 saturated heterocycles. The average Bonchev–Trinajstić information content (AvgIpc) is 3.07. The lowest BCUT2D eigenvalue weighted by molar-refractivity contribution is -0.116. The van der Waals surface area contributed by atoms with Gasteiger partial charge in [-0.25, -0.2) is 0 Å². The van der Waals surface area contributed by atoms with Crippen LogP contribution in [0, 0.1) is 0 Å². The summed E-state index contributed by atoms with van der Waals surface area (Å²) in [4.78, 5) is 14.2. The third kappa shape index (κ3) is 4.21. The molecule has 0 radical (unpaired) electrons. The van der Waals surface area contributed by atoms with Gasteiger partial charge in [-0.2, -0.15) is 5.10 Å². The molecule has 6 nitrogen and oxygen atoms in total. The summed E-state index contributed by atoms with van der Waals surface area (Å²) in [5, 5.41) is 13.6. The summed E-state index contributed by atoms with van der Waals surface area (Å²) in [5.41, 5.74) is 9.54. The van der Waals surface area contributed by atoms with E-state index in [9.17, 15) is 4.79 Å². The Balaban J connectivity index is 1.95. The molecule has 0 unspecified atom stereocenters. The molecule has 0 aliphatic carbocycles. The number of hydrogen-bond acceptors (Lipinski definition) is 5. The SMILES string of the molecule is C/C=C\C(=C/N(C=O)Cc1ccccc1SN)c1ccc2c(N)n[nH]c2c1. The second-order valence-electron chi connectivity index (χ2n) is 5.96. The summed E-state index contributed by atoms with van der Waals surface area (Å²) in [6, 6.07) is 13.6. The van der Waals surface area contributed by atoms with Crippen molar-refractivity contribution in [1.82, 2.24) is 15.1 Å². The maximum absolute atomic E-state index is 11.7. The first kappa shape index (κ1) is 18.8. The number of aromatic nitrogens is 2.